The Bertz CT molecular complexity index is 2400. The van der Waals surface area contributed by atoms with Gasteiger partial charge in [-0.15, -0.1) is 0 Å². The molecule has 3 fully saturated rings. The number of nitrogens with one attached hydrogen (secondary N) is 4. The van der Waals surface area contributed by atoms with Gasteiger partial charge < -0.3 is 45.4 Å². The van der Waals surface area contributed by atoms with Crippen molar-refractivity contribution in [3.8, 4) is 11.5 Å². The molecule has 0 unspecified atom stereocenters. The van der Waals surface area contributed by atoms with E-state index >= 15 is 0 Å². The largest absolute Gasteiger partial charge is 0.506 e. The van der Waals surface area contributed by atoms with Gasteiger partial charge in [-0.2, -0.15) is 0 Å². The Hall–Kier alpha value is -6.22. The van der Waals surface area contributed by atoms with Crippen LogP contribution in [0.5, 0.6) is 11.5 Å². The zero-order chi connectivity index (χ0) is 45.0. The van der Waals surface area contributed by atoms with E-state index in [1.165, 1.54) is 12.1 Å². The number of benzene rings is 4. The number of rotatable bonds is 20. The number of phenolic OH excluding ortho intramolecular Hbond substituents is 1. The molecule has 0 aliphatic carbocycles. The summed E-state index contributed by atoms with van der Waals surface area (Å²) < 4.78 is 17.7. The molecule has 2 bridgehead atoms. The van der Waals surface area contributed by atoms with Crippen LogP contribution in [-0.4, -0.2) is 89.5 Å². The van der Waals surface area contributed by atoms with E-state index < -0.39 is 30.3 Å². The third-order valence-corrected chi connectivity index (χ3v) is 12.0. The molecule has 1 aromatic heterocycles. The van der Waals surface area contributed by atoms with Gasteiger partial charge in [0.25, 0.3) is 5.91 Å². The number of hydrogen-bond donors (Lipinski definition) is 6. The minimum Gasteiger partial charge on any atom is -0.506 e. The maximum atomic E-state index is 13.3. The molecule has 0 radical (unpaired) electrons. The minimum atomic E-state index is -0.873. The van der Waals surface area contributed by atoms with E-state index in [1.807, 2.05) is 80.6 Å². The number of aromatic amines is 1. The van der Waals surface area contributed by atoms with Crippen LogP contribution in [0.4, 0.5) is 4.79 Å². The maximum Gasteiger partial charge on any atom is 0.408 e. The third kappa shape index (κ3) is 12.3. The number of amides is 2. The van der Waals surface area contributed by atoms with Crippen LogP contribution in [0.3, 0.4) is 0 Å². The summed E-state index contributed by atoms with van der Waals surface area (Å²) in [4.78, 5) is 56.4. The number of aliphatic hydroxyl groups excluding tert-OH is 1. The summed E-state index contributed by atoms with van der Waals surface area (Å²) in [5.74, 6) is 0.205. The molecule has 4 heterocycles. The maximum absolute atomic E-state index is 13.3. The number of aromatic nitrogens is 1. The first-order chi connectivity index (χ1) is 31.0. The smallest absolute Gasteiger partial charge is 0.408 e. The van der Waals surface area contributed by atoms with Gasteiger partial charge >= 0.3 is 12.1 Å². The Labute approximate surface area is 373 Å². The van der Waals surface area contributed by atoms with Gasteiger partial charge in [0.2, 0.25) is 5.56 Å². The SMILES string of the molecule is CC(C)C[C@@H](NC(=O)c1ccc(COc2cccc([C@@H](NC(=O)O[C@H]3CN4CCC3CC4)c3ccccc3)c2)cc1)C(=O)OCCCCNC[C@H](O)c1ccc(O)c2[nH]c(=O)ccc12. The molecule has 338 valence electrons. The molecule has 14 nitrogen and oxygen atoms in total. The van der Waals surface area contributed by atoms with E-state index in [-0.39, 0.29) is 54.5 Å². The van der Waals surface area contributed by atoms with Gasteiger partial charge in [0, 0.05) is 30.1 Å². The molecule has 14 heteroatoms. The summed E-state index contributed by atoms with van der Waals surface area (Å²) in [5, 5.41) is 30.6. The molecule has 3 aliphatic rings. The highest BCUT2D eigenvalue weighted by atomic mass is 16.6. The lowest BCUT2D eigenvalue weighted by Crippen LogP contribution is -2.52. The number of aliphatic hydroxyl groups is 1. The fourth-order valence-electron chi connectivity index (χ4n) is 8.49. The van der Waals surface area contributed by atoms with Crippen molar-refractivity contribution in [3.05, 3.63) is 141 Å². The number of H-pyrrole nitrogens is 1. The van der Waals surface area contributed by atoms with Crippen molar-refractivity contribution in [2.75, 3.05) is 39.3 Å². The summed E-state index contributed by atoms with van der Waals surface area (Å²) >= 11 is 0. The van der Waals surface area contributed by atoms with Crippen molar-refractivity contribution in [1.29, 1.82) is 0 Å². The van der Waals surface area contributed by atoms with E-state index in [0.717, 1.165) is 49.2 Å². The topological polar surface area (TPSA) is 192 Å². The number of hydrogen-bond acceptors (Lipinski definition) is 11. The highest BCUT2D eigenvalue weighted by Gasteiger charge is 2.37. The molecule has 5 aromatic rings. The quantitative estimate of drug-likeness (QED) is 0.0369. The summed E-state index contributed by atoms with van der Waals surface area (Å²) in [6, 6.07) is 29.2. The van der Waals surface area contributed by atoms with Gasteiger partial charge in [0.05, 0.1) is 24.3 Å². The van der Waals surface area contributed by atoms with Crippen LogP contribution in [0.2, 0.25) is 0 Å². The number of carbonyl (C=O) groups is 3. The first-order valence-corrected chi connectivity index (χ1v) is 22.3. The lowest BCUT2D eigenvalue weighted by Gasteiger charge is -2.43. The van der Waals surface area contributed by atoms with Crippen LogP contribution in [0.15, 0.2) is 108 Å². The predicted molar refractivity (Wildman–Crippen MR) is 243 cm³/mol. The molecular weight excluding hydrogens is 815 g/mol. The van der Waals surface area contributed by atoms with Crippen molar-refractivity contribution in [2.24, 2.45) is 11.8 Å². The van der Waals surface area contributed by atoms with Gasteiger partial charge in [0.1, 0.15) is 30.3 Å². The first kappa shape index (κ1) is 45.8. The van der Waals surface area contributed by atoms with Crippen LogP contribution >= 0.6 is 0 Å². The molecule has 4 atom stereocenters. The number of alkyl carbamates (subject to hydrolysis) is 1. The lowest BCUT2D eigenvalue weighted by atomic mass is 9.86. The van der Waals surface area contributed by atoms with Crippen LogP contribution < -0.4 is 26.2 Å². The second-order valence-electron chi connectivity index (χ2n) is 17.2. The van der Waals surface area contributed by atoms with Gasteiger partial charge in [0.15, 0.2) is 0 Å². The fraction of sp³-hybridized carbons (Fsp3) is 0.400. The summed E-state index contributed by atoms with van der Waals surface area (Å²) in [6.45, 7) is 8.09. The highest BCUT2D eigenvalue weighted by Crippen LogP contribution is 2.31. The van der Waals surface area contributed by atoms with Crippen LogP contribution in [0.1, 0.15) is 90.7 Å². The molecule has 2 amide bonds. The Morgan fingerprint density at radius 2 is 1.64 bits per heavy atom. The van der Waals surface area contributed by atoms with Crippen LogP contribution in [-0.2, 0) is 20.9 Å². The molecule has 0 spiro atoms. The van der Waals surface area contributed by atoms with Crippen molar-refractivity contribution in [1.82, 2.24) is 25.8 Å². The van der Waals surface area contributed by atoms with Crippen molar-refractivity contribution in [2.45, 2.75) is 76.9 Å². The molecular formula is C50H59N5O9. The molecule has 3 saturated heterocycles. The third-order valence-electron chi connectivity index (χ3n) is 12.0. The summed E-state index contributed by atoms with van der Waals surface area (Å²) in [6.07, 6.45) is 2.36. The highest BCUT2D eigenvalue weighted by molar-refractivity contribution is 5.96. The van der Waals surface area contributed by atoms with Crippen LogP contribution in [0.25, 0.3) is 10.9 Å². The van der Waals surface area contributed by atoms with Crippen molar-refractivity contribution in [3.63, 3.8) is 0 Å². The average molecular weight is 874 g/mol. The molecule has 3 aliphatic heterocycles. The normalized spacial score (nSPS) is 18.2. The van der Waals surface area contributed by atoms with Crippen molar-refractivity contribution < 1.29 is 38.8 Å². The molecule has 64 heavy (non-hydrogen) atoms. The minimum absolute atomic E-state index is 0.0690. The number of nitrogens with zero attached hydrogens (tertiary/aromatic N) is 1. The van der Waals surface area contributed by atoms with E-state index in [2.05, 4.69) is 25.8 Å². The van der Waals surface area contributed by atoms with E-state index in [1.54, 1.807) is 24.3 Å². The van der Waals surface area contributed by atoms with Gasteiger partial charge in [-0.25, -0.2) is 9.59 Å². The molecule has 0 saturated carbocycles. The number of fused-ring (bicyclic) bond motifs is 4. The van der Waals surface area contributed by atoms with Gasteiger partial charge in [-0.3, -0.25) is 14.5 Å². The fourth-order valence-corrected chi connectivity index (χ4v) is 8.49. The zero-order valence-corrected chi connectivity index (χ0v) is 36.5. The standard InChI is InChI=1S/C50H59N5O9/c1-32(2)27-41(49(60)62-26-7-6-23-51-29-43(57)39-17-19-42(56)47-40(39)18-20-45(58)53-47)52-48(59)36-15-13-33(14-16-36)31-63-38-12-8-11-37(28-38)46(35-9-4-3-5-10-35)54-50(61)64-44-30-55-24-21-34(44)22-25-55/h3-5,8-20,28,32,34,41,43-44,46,51,56-57H,6-7,21-27,29-31H2,1-2H3,(H,52,59)(H,53,58)(H,54,61)/t41-,43+,44+,46+/m1/s1. The molecule has 6 N–H and O–H groups in total. The zero-order valence-electron chi connectivity index (χ0n) is 36.5. The van der Waals surface area contributed by atoms with Crippen molar-refractivity contribution >= 4 is 28.9 Å². The average Bonchev–Trinajstić information content (AvgIpc) is 3.30. The second-order valence-corrected chi connectivity index (χ2v) is 17.2. The monoisotopic (exact) mass is 873 g/mol. The predicted octanol–water partition coefficient (Wildman–Crippen LogP) is 6.51. The Kier molecular flexibility index (Phi) is 15.7. The van der Waals surface area contributed by atoms with E-state index in [9.17, 15) is 29.4 Å². The second kappa shape index (κ2) is 21.9. The summed E-state index contributed by atoms with van der Waals surface area (Å²) in [7, 11) is 0. The number of unbranched alkanes of at least 4 members (excludes halogenated alkanes) is 1. The molecule has 4 aromatic carbocycles. The van der Waals surface area contributed by atoms with Gasteiger partial charge in [-0.05, 0) is 122 Å². The van der Waals surface area contributed by atoms with E-state index in [4.69, 9.17) is 14.2 Å². The summed E-state index contributed by atoms with van der Waals surface area (Å²) in [5.41, 5.74) is 3.52. The number of pyridine rings is 1. The first-order valence-electron chi connectivity index (χ1n) is 22.3. The van der Waals surface area contributed by atoms with E-state index in [0.29, 0.717) is 54.0 Å². The number of piperidine rings is 3. The lowest BCUT2D eigenvalue weighted by molar-refractivity contribution is -0.146. The number of ether oxygens (including phenoxy) is 3. The molecule has 8 rings (SSSR count). The Morgan fingerprint density at radius 3 is 2.38 bits per heavy atom. The Morgan fingerprint density at radius 1 is 0.875 bits per heavy atom. The van der Waals surface area contributed by atoms with Gasteiger partial charge in [-0.1, -0.05) is 74.5 Å². The number of esters is 1. The van der Waals surface area contributed by atoms with Crippen LogP contribution in [0, 0.1) is 11.8 Å². The number of phenols is 1. The number of carbonyl (C=O) groups excluding carboxylic acids is 3. The number of aromatic hydroxyl groups is 1. The Balaban J connectivity index is 0.858.